The molecule has 7 heteroatoms. The lowest BCUT2D eigenvalue weighted by Gasteiger charge is -2.31. The van der Waals surface area contributed by atoms with Crippen LogP contribution < -0.4 is 10.5 Å². The predicted octanol–water partition coefficient (Wildman–Crippen LogP) is 2.48. The van der Waals surface area contributed by atoms with Gasteiger partial charge in [0.05, 0.1) is 13.2 Å². The van der Waals surface area contributed by atoms with Crippen molar-refractivity contribution in [1.29, 1.82) is 0 Å². The second-order valence-electron chi connectivity index (χ2n) is 8.25. The molecule has 0 spiro atoms. The molecule has 0 unspecified atom stereocenters. The van der Waals surface area contributed by atoms with Gasteiger partial charge in [-0.2, -0.15) is 0 Å². The Morgan fingerprint density at radius 2 is 1.64 bits per heavy atom. The van der Waals surface area contributed by atoms with Gasteiger partial charge in [0.25, 0.3) is 0 Å². The third kappa shape index (κ3) is 6.67. The first-order chi connectivity index (χ1) is 12.7. The number of carbonyl (C=O) groups is 2. The molecule has 1 saturated heterocycles. The van der Waals surface area contributed by atoms with Gasteiger partial charge in [0, 0.05) is 32.6 Å². The number of nitrogens with zero attached hydrogens (tertiary/aromatic N) is 2. The third-order valence-corrected chi connectivity index (χ3v) is 5.15. The molecule has 0 aliphatic carbocycles. The van der Waals surface area contributed by atoms with Gasteiger partial charge in [0.15, 0.2) is 0 Å². The highest BCUT2D eigenvalue weighted by Gasteiger charge is 2.32. The summed E-state index contributed by atoms with van der Waals surface area (Å²) in [5.74, 6) is 0.936. The molecular formula is C21H34ClN3O3. The normalized spacial score (nSPS) is 16.0. The van der Waals surface area contributed by atoms with Crippen LogP contribution in [-0.4, -0.2) is 60.9 Å². The molecule has 1 aromatic carbocycles. The van der Waals surface area contributed by atoms with Gasteiger partial charge in [0.2, 0.25) is 11.8 Å². The van der Waals surface area contributed by atoms with Crippen LogP contribution in [0.5, 0.6) is 5.75 Å². The molecule has 1 aliphatic rings. The molecule has 1 atom stereocenters. The van der Waals surface area contributed by atoms with E-state index in [1.165, 1.54) is 0 Å². The number of rotatable bonds is 5. The van der Waals surface area contributed by atoms with Gasteiger partial charge in [0.1, 0.15) is 5.75 Å². The molecule has 1 aliphatic heterocycles. The van der Waals surface area contributed by atoms with Gasteiger partial charge in [-0.1, -0.05) is 32.9 Å². The second-order valence-corrected chi connectivity index (χ2v) is 8.25. The van der Waals surface area contributed by atoms with E-state index in [4.69, 9.17) is 10.5 Å². The van der Waals surface area contributed by atoms with Crippen LogP contribution in [0.1, 0.15) is 39.2 Å². The maximum Gasteiger partial charge on any atom is 0.240 e. The van der Waals surface area contributed by atoms with Crippen LogP contribution in [0.25, 0.3) is 0 Å². The first-order valence-electron chi connectivity index (χ1n) is 9.67. The molecule has 28 heavy (non-hydrogen) atoms. The number of methoxy groups -OCH3 is 1. The Kier molecular flexibility index (Phi) is 9.24. The third-order valence-electron chi connectivity index (χ3n) is 5.15. The standard InChI is InChI=1S/C21H33N3O3.ClH/c1-21(2,3)19(22)20(26)24-13-5-12-23(14-15-24)18(25)11-8-16-6-9-17(27-4)10-7-16;/h6-7,9-10,19H,5,8,11-15,22H2,1-4H3;1H/t19-;/m1./s1. The molecule has 0 radical (unpaired) electrons. The van der Waals surface area contributed by atoms with Crippen molar-refractivity contribution in [2.75, 3.05) is 33.3 Å². The summed E-state index contributed by atoms with van der Waals surface area (Å²) in [5.41, 5.74) is 6.97. The molecule has 1 fully saturated rings. The first-order valence-corrected chi connectivity index (χ1v) is 9.67. The number of amides is 2. The number of halogens is 1. The number of aryl methyl sites for hydroxylation is 1. The number of carbonyl (C=O) groups excluding carboxylic acids is 2. The predicted molar refractivity (Wildman–Crippen MR) is 114 cm³/mol. The van der Waals surface area contributed by atoms with Crippen molar-refractivity contribution in [2.24, 2.45) is 11.1 Å². The smallest absolute Gasteiger partial charge is 0.240 e. The van der Waals surface area contributed by atoms with Crippen LogP contribution in [0.3, 0.4) is 0 Å². The summed E-state index contributed by atoms with van der Waals surface area (Å²) >= 11 is 0. The minimum atomic E-state index is -0.519. The summed E-state index contributed by atoms with van der Waals surface area (Å²) in [6.07, 6.45) is 1.97. The largest absolute Gasteiger partial charge is 0.497 e. The van der Waals surface area contributed by atoms with E-state index in [-0.39, 0.29) is 29.6 Å². The van der Waals surface area contributed by atoms with E-state index in [1.54, 1.807) is 7.11 Å². The Morgan fingerprint density at radius 1 is 1.07 bits per heavy atom. The number of benzene rings is 1. The van der Waals surface area contributed by atoms with E-state index in [2.05, 4.69) is 0 Å². The van der Waals surface area contributed by atoms with Crippen molar-refractivity contribution >= 4 is 24.2 Å². The van der Waals surface area contributed by atoms with E-state index >= 15 is 0 Å². The molecule has 158 valence electrons. The fraction of sp³-hybridized carbons (Fsp3) is 0.619. The van der Waals surface area contributed by atoms with Crippen LogP contribution in [0.15, 0.2) is 24.3 Å². The van der Waals surface area contributed by atoms with E-state index in [0.29, 0.717) is 39.0 Å². The lowest BCUT2D eigenvalue weighted by Crippen LogP contribution is -2.51. The second kappa shape index (κ2) is 10.7. The highest BCUT2D eigenvalue weighted by molar-refractivity contribution is 5.85. The number of hydrogen-bond donors (Lipinski definition) is 1. The number of hydrogen-bond acceptors (Lipinski definition) is 4. The Morgan fingerprint density at radius 3 is 2.21 bits per heavy atom. The molecule has 2 rings (SSSR count). The van der Waals surface area contributed by atoms with Gasteiger partial charge >= 0.3 is 0 Å². The molecule has 2 amide bonds. The summed E-state index contributed by atoms with van der Waals surface area (Å²) in [6.45, 7) is 8.40. The number of ether oxygens (including phenoxy) is 1. The maximum absolute atomic E-state index is 12.6. The van der Waals surface area contributed by atoms with Crippen LogP contribution in [0.4, 0.5) is 0 Å². The molecule has 1 aromatic rings. The van der Waals surface area contributed by atoms with Gasteiger partial charge in [-0.3, -0.25) is 9.59 Å². The summed E-state index contributed by atoms with van der Waals surface area (Å²) in [6, 6.07) is 7.28. The molecule has 0 aromatic heterocycles. The number of nitrogens with two attached hydrogens (primary N) is 1. The Hall–Kier alpha value is -1.79. The summed E-state index contributed by atoms with van der Waals surface area (Å²) in [5, 5.41) is 0. The van der Waals surface area contributed by atoms with E-state index in [9.17, 15) is 9.59 Å². The van der Waals surface area contributed by atoms with Crippen molar-refractivity contribution in [2.45, 2.75) is 46.1 Å². The highest BCUT2D eigenvalue weighted by Crippen LogP contribution is 2.20. The lowest BCUT2D eigenvalue weighted by molar-refractivity contribution is -0.136. The maximum atomic E-state index is 12.6. The van der Waals surface area contributed by atoms with Crippen molar-refractivity contribution < 1.29 is 14.3 Å². The van der Waals surface area contributed by atoms with Gasteiger partial charge < -0.3 is 20.3 Å². The molecular weight excluding hydrogens is 378 g/mol. The fourth-order valence-corrected chi connectivity index (χ4v) is 3.16. The van der Waals surface area contributed by atoms with Crippen molar-refractivity contribution in [3.63, 3.8) is 0 Å². The van der Waals surface area contributed by atoms with Gasteiger partial charge in [-0.05, 0) is 36.0 Å². The quantitative estimate of drug-likeness (QED) is 0.807. The zero-order valence-corrected chi connectivity index (χ0v) is 18.3. The van der Waals surface area contributed by atoms with E-state index < -0.39 is 6.04 Å². The van der Waals surface area contributed by atoms with Crippen LogP contribution in [-0.2, 0) is 16.0 Å². The zero-order chi connectivity index (χ0) is 20.0. The molecule has 2 N–H and O–H groups in total. The zero-order valence-electron chi connectivity index (χ0n) is 17.4. The van der Waals surface area contributed by atoms with Crippen molar-refractivity contribution in [3.05, 3.63) is 29.8 Å². The van der Waals surface area contributed by atoms with Crippen molar-refractivity contribution in [1.82, 2.24) is 9.80 Å². The van der Waals surface area contributed by atoms with Gasteiger partial charge in [-0.15, -0.1) is 12.4 Å². The van der Waals surface area contributed by atoms with Crippen LogP contribution in [0, 0.1) is 5.41 Å². The molecule has 0 saturated carbocycles. The van der Waals surface area contributed by atoms with Crippen LogP contribution in [0.2, 0.25) is 0 Å². The highest BCUT2D eigenvalue weighted by atomic mass is 35.5. The average Bonchev–Trinajstić information content (AvgIpc) is 2.90. The Bertz CT molecular complexity index is 643. The molecule has 0 bridgehead atoms. The lowest BCUT2D eigenvalue weighted by atomic mass is 9.86. The summed E-state index contributed by atoms with van der Waals surface area (Å²) in [4.78, 5) is 28.9. The minimum Gasteiger partial charge on any atom is -0.497 e. The Balaban J connectivity index is 0.00000392. The minimum absolute atomic E-state index is 0. The summed E-state index contributed by atoms with van der Waals surface area (Å²) in [7, 11) is 1.64. The van der Waals surface area contributed by atoms with Gasteiger partial charge in [-0.25, -0.2) is 0 Å². The molecule has 1 heterocycles. The molecule has 6 nitrogen and oxygen atoms in total. The fourth-order valence-electron chi connectivity index (χ4n) is 3.16. The summed E-state index contributed by atoms with van der Waals surface area (Å²) < 4.78 is 5.15. The monoisotopic (exact) mass is 411 g/mol. The van der Waals surface area contributed by atoms with Crippen molar-refractivity contribution in [3.8, 4) is 5.75 Å². The Labute approximate surface area is 174 Å². The van der Waals surface area contributed by atoms with E-state index in [1.807, 2.05) is 54.8 Å². The van der Waals surface area contributed by atoms with Crippen LogP contribution >= 0.6 is 12.4 Å². The average molecular weight is 412 g/mol. The SMILES string of the molecule is COc1ccc(CCC(=O)N2CCCN(C(=O)[C@@H](N)C(C)(C)C)CC2)cc1.Cl. The first kappa shape index (κ1) is 24.2. The van der Waals surface area contributed by atoms with E-state index in [0.717, 1.165) is 17.7 Å². The topological polar surface area (TPSA) is 75.9 Å².